The highest BCUT2D eigenvalue weighted by Crippen LogP contribution is 2.41. The van der Waals surface area contributed by atoms with Crippen LogP contribution in [0.1, 0.15) is 5.69 Å². The van der Waals surface area contributed by atoms with E-state index in [2.05, 4.69) is 36.3 Å². The number of anilines is 1. The van der Waals surface area contributed by atoms with Gasteiger partial charge in [0.25, 0.3) is 11.8 Å². The molecule has 15 nitrogen and oxygen atoms in total. The number of nitrogens with one attached hydrogen (secondary N) is 2. The Morgan fingerprint density at radius 2 is 2.19 bits per heavy atom. The lowest BCUT2D eigenvalue weighted by Crippen LogP contribution is -2.71. The third kappa shape index (κ3) is 5.55. The largest absolute Gasteiger partial charge is 0.477 e. The predicted octanol–water partition coefficient (Wildman–Crippen LogP) is -0.275. The number of halogens is 1. The molecule has 2 aliphatic heterocycles. The zero-order valence-electron chi connectivity index (χ0n) is 19.1. The molecule has 0 bridgehead atoms. The lowest BCUT2D eigenvalue weighted by molar-refractivity contribution is -0.150. The van der Waals surface area contributed by atoms with Crippen molar-refractivity contribution < 1.29 is 29.1 Å². The average Bonchev–Trinajstić information content (AvgIpc) is 3.51. The molecule has 4 heterocycles. The van der Waals surface area contributed by atoms with Crippen LogP contribution in [0.15, 0.2) is 27.0 Å². The molecule has 2 aromatic rings. The maximum absolute atomic E-state index is 13.0. The number of amides is 3. The van der Waals surface area contributed by atoms with Crippen molar-refractivity contribution in [2.75, 3.05) is 29.8 Å². The number of aromatic nitrogens is 5. The number of thiazole rings is 1. The number of carbonyl (C=O) groups is 4. The second kappa shape index (κ2) is 11.4. The van der Waals surface area contributed by atoms with Gasteiger partial charge < -0.3 is 20.6 Å². The van der Waals surface area contributed by atoms with Crippen molar-refractivity contribution >= 4 is 81.0 Å². The second-order valence-electron chi connectivity index (χ2n) is 7.33. The summed E-state index contributed by atoms with van der Waals surface area (Å²) in [5.74, 6) is -2.71. The molecular weight excluding hydrogens is 570 g/mol. The maximum atomic E-state index is 13.0. The number of carbonyl (C=O) groups excluding carboxylic acids is 3. The van der Waals surface area contributed by atoms with Crippen molar-refractivity contribution in [3.63, 3.8) is 0 Å². The zero-order valence-corrected chi connectivity index (χ0v) is 22.3. The van der Waals surface area contributed by atoms with Gasteiger partial charge in [0.15, 0.2) is 10.8 Å². The number of hydrogen-bond acceptors (Lipinski definition) is 13. The molecule has 2 atom stereocenters. The van der Waals surface area contributed by atoms with Crippen LogP contribution in [-0.2, 0) is 31.1 Å². The van der Waals surface area contributed by atoms with Gasteiger partial charge in [0.05, 0.1) is 0 Å². The van der Waals surface area contributed by atoms with E-state index in [1.54, 1.807) is 7.05 Å². The molecule has 1 unspecified atom stereocenters. The first kappa shape index (κ1) is 26.8. The molecular formula is C18H18ClN9O6S3. The van der Waals surface area contributed by atoms with Gasteiger partial charge in [-0.25, -0.2) is 14.5 Å². The number of alkyl halides is 1. The van der Waals surface area contributed by atoms with Gasteiger partial charge in [-0.05, 0) is 16.0 Å². The van der Waals surface area contributed by atoms with E-state index in [1.165, 1.54) is 45.6 Å². The van der Waals surface area contributed by atoms with E-state index < -0.39 is 35.1 Å². The van der Waals surface area contributed by atoms with Gasteiger partial charge in [-0.15, -0.1) is 39.8 Å². The monoisotopic (exact) mass is 587 g/mol. The number of β-lactam (4-membered cyclic amide) rings is 1. The van der Waals surface area contributed by atoms with Gasteiger partial charge in [-0.2, -0.15) is 0 Å². The molecule has 4 rings (SSSR count). The lowest BCUT2D eigenvalue weighted by atomic mass is 10.0. The number of carboxylic acids is 1. The first-order valence-corrected chi connectivity index (χ1v) is 13.7. The van der Waals surface area contributed by atoms with Crippen molar-refractivity contribution in [3.8, 4) is 0 Å². The van der Waals surface area contributed by atoms with Crippen molar-refractivity contribution in [1.29, 1.82) is 0 Å². The van der Waals surface area contributed by atoms with Crippen LogP contribution in [0.25, 0.3) is 0 Å². The van der Waals surface area contributed by atoms with Gasteiger partial charge in [-0.1, -0.05) is 16.9 Å². The highest BCUT2D eigenvalue weighted by atomic mass is 35.5. The van der Waals surface area contributed by atoms with Crippen LogP contribution in [0.4, 0.5) is 5.13 Å². The number of tetrazole rings is 1. The summed E-state index contributed by atoms with van der Waals surface area (Å²) in [4.78, 5) is 59.6. The second-order valence-corrected chi connectivity index (χ2v) is 10.5. The van der Waals surface area contributed by atoms with Gasteiger partial charge in [-0.3, -0.25) is 19.3 Å². The topological polar surface area (TPSA) is 194 Å². The molecule has 1 fully saturated rings. The number of hydrogen-bond donors (Lipinski definition) is 3. The van der Waals surface area contributed by atoms with Crippen LogP contribution >= 0.6 is 46.5 Å². The SMILES string of the molecule is CO/N=C(\C(=O)NC1C(=O)N2C(C(=O)O)=C(CSc3nnnn3C)CS[C@H]12)c1csc(NC(=O)CCl)n1. The Morgan fingerprint density at radius 1 is 1.41 bits per heavy atom. The fourth-order valence-electron chi connectivity index (χ4n) is 3.39. The minimum Gasteiger partial charge on any atom is -0.477 e. The van der Waals surface area contributed by atoms with E-state index in [0.29, 0.717) is 16.5 Å². The average molecular weight is 588 g/mol. The van der Waals surface area contributed by atoms with Crippen LogP contribution in [-0.4, -0.2) is 101 Å². The quantitative estimate of drug-likeness (QED) is 0.108. The number of carboxylic acid groups (broad SMARTS) is 1. The Morgan fingerprint density at radius 3 is 2.84 bits per heavy atom. The van der Waals surface area contributed by atoms with Crippen LogP contribution in [0.5, 0.6) is 0 Å². The number of nitrogens with zero attached hydrogens (tertiary/aromatic N) is 7. The van der Waals surface area contributed by atoms with Gasteiger partial charge in [0.1, 0.15) is 35.8 Å². The first-order chi connectivity index (χ1) is 17.7. The molecule has 1 saturated heterocycles. The molecule has 0 aliphatic carbocycles. The fraction of sp³-hybridized carbons (Fsp3) is 0.389. The molecule has 0 saturated carbocycles. The molecule has 37 heavy (non-hydrogen) atoms. The Bertz CT molecular complexity index is 1310. The molecule has 0 aromatic carbocycles. The number of aliphatic carboxylic acids is 1. The van der Waals surface area contributed by atoms with Crippen molar-refractivity contribution in [1.82, 2.24) is 35.4 Å². The summed E-state index contributed by atoms with van der Waals surface area (Å²) in [7, 11) is 2.90. The Kier molecular flexibility index (Phi) is 8.30. The summed E-state index contributed by atoms with van der Waals surface area (Å²) in [6.07, 6.45) is 0. The fourth-order valence-corrected chi connectivity index (χ4v) is 6.50. The van der Waals surface area contributed by atoms with E-state index in [4.69, 9.17) is 16.4 Å². The Balaban J connectivity index is 1.47. The smallest absolute Gasteiger partial charge is 0.352 e. The zero-order chi connectivity index (χ0) is 26.7. The molecule has 3 N–H and O–H groups in total. The maximum Gasteiger partial charge on any atom is 0.352 e. The molecule has 2 aromatic heterocycles. The van der Waals surface area contributed by atoms with E-state index in [-0.39, 0.29) is 33.9 Å². The van der Waals surface area contributed by atoms with Gasteiger partial charge in [0, 0.05) is 23.9 Å². The number of rotatable bonds is 10. The van der Waals surface area contributed by atoms with Crippen LogP contribution < -0.4 is 10.6 Å². The summed E-state index contributed by atoms with van der Waals surface area (Å²) in [5, 5.41) is 31.3. The normalized spacial score (nSPS) is 19.3. The lowest BCUT2D eigenvalue weighted by Gasteiger charge is -2.49. The molecule has 3 amide bonds. The molecule has 196 valence electrons. The van der Waals surface area contributed by atoms with E-state index >= 15 is 0 Å². The summed E-state index contributed by atoms with van der Waals surface area (Å²) in [6, 6.07) is -0.986. The predicted molar refractivity (Wildman–Crippen MR) is 134 cm³/mol. The molecule has 0 radical (unpaired) electrons. The van der Waals surface area contributed by atoms with Crippen LogP contribution in [0.2, 0.25) is 0 Å². The van der Waals surface area contributed by atoms with E-state index in [1.807, 2.05) is 0 Å². The molecule has 2 aliphatic rings. The molecule has 0 spiro atoms. The highest BCUT2D eigenvalue weighted by molar-refractivity contribution is 8.01. The number of fused-ring (bicyclic) bond motifs is 1. The minimum absolute atomic E-state index is 0.109. The minimum atomic E-state index is -1.24. The number of oxime groups is 1. The standard InChI is InChI=1S/C18H18ClN9O6S3/c1-27-18(23-25-26-27)37-5-7-4-35-15-11(14(31)28(15)12(7)16(32)33)22-13(30)10(24-34-2)8-6-36-17(20-8)21-9(29)3-19/h6,11,15H,3-5H2,1-2H3,(H,22,30)(H,32,33)(H,20,21,29)/b24-10-/t11?,15-/m1/s1. The number of thioether (sulfide) groups is 2. The van der Waals surface area contributed by atoms with Crippen molar-refractivity contribution in [2.45, 2.75) is 16.6 Å². The summed E-state index contributed by atoms with van der Waals surface area (Å²) in [5.41, 5.74) is 0.306. The number of aryl methyl sites for hydroxylation is 1. The van der Waals surface area contributed by atoms with Gasteiger partial charge in [0.2, 0.25) is 11.1 Å². The van der Waals surface area contributed by atoms with E-state index in [9.17, 15) is 24.3 Å². The summed E-state index contributed by atoms with van der Waals surface area (Å²) >= 11 is 9.10. The summed E-state index contributed by atoms with van der Waals surface area (Å²) in [6.45, 7) is 0. The van der Waals surface area contributed by atoms with Crippen molar-refractivity contribution in [2.24, 2.45) is 12.2 Å². The molecule has 19 heteroatoms. The van der Waals surface area contributed by atoms with Crippen LogP contribution in [0.3, 0.4) is 0 Å². The third-order valence-corrected chi connectivity index (χ3v) is 8.44. The highest BCUT2D eigenvalue weighted by Gasteiger charge is 2.54. The van der Waals surface area contributed by atoms with Crippen molar-refractivity contribution in [3.05, 3.63) is 22.3 Å². The van der Waals surface area contributed by atoms with E-state index in [0.717, 1.165) is 11.3 Å². The first-order valence-electron chi connectivity index (χ1n) is 10.2. The summed E-state index contributed by atoms with van der Waals surface area (Å²) < 4.78 is 1.46. The third-order valence-electron chi connectivity index (χ3n) is 5.01. The van der Waals surface area contributed by atoms with Gasteiger partial charge >= 0.3 is 5.97 Å². The Hall–Kier alpha value is -3.22. The Labute approximate surface area is 226 Å². The van der Waals surface area contributed by atoms with Crippen LogP contribution in [0, 0.1) is 0 Å².